The molecule has 13 heteroatoms. The zero-order valence-electron chi connectivity index (χ0n) is 22.9. The number of aromatic nitrogens is 3. The van der Waals surface area contributed by atoms with Crippen molar-refractivity contribution in [1.29, 1.82) is 0 Å². The van der Waals surface area contributed by atoms with E-state index in [-0.39, 0.29) is 12.6 Å². The topological polar surface area (TPSA) is 106 Å². The molecule has 5 rings (SSSR count). The molecule has 2 heterocycles. The molecule has 1 saturated heterocycles. The average Bonchev–Trinajstić information content (AvgIpc) is 2.99. The van der Waals surface area contributed by atoms with Crippen molar-refractivity contribution in [2.24, 2.45) is 5.10 Å². The van der Waals surface area contributed by atoms with Gasteiger partial charge in [-0.15, -0.1) is 0 Å². The maximum atomic E-state index is 6.31. The van der Waals surface area contributed by atoms with Gasteiger partial charge in [-0.3, -0.25) is 0 Å². The van der Waals surface area contributed by atoms with Crippen molar-refractivity contribution >= 4 is 64.5 Å². The second-order valence-electron chi connectivity index (χ2n) is 9.28. The lowest BCUT2D eigenvalue weighted by Gasteiger charge is -2.27. The molecule has 1 aliphatic heterocycles. The molecule has 0 amide bonds. The predicted octanol–water partition coefficient (Wildman–Crippen LogP) is 6.75. The molecule has 0 radical (unpaired) electrons. The van der Waals surface area contributed by atoms with E-state index >= 15 is 0 Å². The maximum absolute atomic E-state index is 6.31. The number of hydrogen-bond donors (Lipinski definition) is 2. The fourth-order valence-corrected chi connectivity index (χ4v) is 4.66. The molecule has 218 valence electrons. The normalized spacial score (nSPS) is 13.3. The van der Waals surface area contributed by atoms with Gasteiger partial charge in [-0.1, -0.05) is 46.9 Å². The molecule has 0 saturated carbocycles. The summed E-state index contributed by atoms with van der Waals surface area (Å²) >= 11 is 18.6. The third-order valence-corrected chi connectivity index (χ3v) is 7.30. The number of ether oxygens (including phenoxy) is 3. The quantitative estimate of drug-likeness (QED) is 0.146. The van der Waals surface area contributed by atoms with Gasteiger partial charge in [-0.05, 0) is 60.5 Å². The maximum Gasteiger partial charge on any atom is 0.250 e. The Morgan fingerprint density at radius 1 is 0.929 bits per heavy atom. The van der Waals surface area contributed by atoms with Crippen molar-refractivity contribution in [2.45, 2.75) is 13.5 Å². The van der Waals surface area contributed by atoms with Crippen LogP contribution in [0.2, 0.25) is 15.1 Å². The summed E-state index contributed by atoms with van der Waals surface area (Å²) in [7, 11) is 1.57. The molecule has 0 bridgehead atoms. The van der Waals surface area contributed by atoms with Crippen molar-refractivity contribution < 1.29 is 14.2 Å². The van der Waals surface area contributed by atoms with Crippen LogP contribution in [0.4, 0.5) is 23.5 Å². The predicted molar refractivity (Wildman–Crippen MR) is 167 cm³/mol. The molecule has 4 aromatic rings. The van der Waals surface area contributed by atoms with Crippen LogP contribution in [-0.4, -0.2) is 54.6 Å². The van der Waals surface area contributed by atoms with Gasteiger partial charge in [0.1, 0.15) is 6.61 Å². The number of halogens is 3. The first-order chi connectivity index (χ1) is 20.4. The van der Waals surface area contributed by atoms with Crippen molar-refractivity contribution in [2.75, 3.05) is 49.1 Å². The number of benzene rings is 3. The third kappa shape index (κ3) is 7.71. The van der Waals surface area contributed by atoms with E-state index in [2.05, 4.69) is 30.8 Å². The third-order valence-electron chi connectivity index (χ3n) is 6.31. The second kappa shape index (κ2) is 13.9. The molecule has 1 fully saturated rings. The molecule has 1 aliphatic rings. The summed E-state index contributed by atoms with van der Waals surface area (Å²) in [4.78, 5) is 15.7. The Kier molecular flexibility index (Phi) is 9.81. The molecule has 0 aliphatic carbocycles. The van der Waals surface area contributed by atoms with Gasteiger partial charge in [0.05, 0.1) is 26.5 Å². The number of nitrogens with zero attached hydrogens (tertiary/aromatic N) is 5. The zero-order valence-corrected chi connectivity index (χ0v) is 25.2. The fourth-order valence-electron chi connectivity index (χ4n) is 4.02. The molecule has 0 spiro atoms. The SMILES string of the molecule is COc1cc(/C=N/Nc2nc(Nc3ccc(C)c(Cl)c3)nc(N3CCOCC3)n2)ccc1OCc1ccc(Cl)cc1Cl. The highest BCUT2D eigenvalue weighted by atomic mass is 35.5. The highest BCUT2D eigenvalue weighted by molar-refractivity contribution is 6.35. The van der Waals surface area contributed by atoms with Gasteiger partial charge in [0, 0.05) is 39.4 Å². The lowest BCUT2D eigenvalue weighted by molar-refractivity contribution is 0.122. The zero-order chi connectivity index (χ0) is 29.5. The summed E-state index contributed by atoms with van der Waals surface area (Å²) in [6.07, 6.45) is 1.63. The van der Waals surface area contributed by atoms with Crippen LogP contribution < -0.4 is 25.1 Å². The van der Waals surface area contributed by atoms with Gasteiger partial charge >= 0.3 is 0 Å². The summed E-state index contributed by atoms with van der Waals surface area (Å²) in [6.45, 7) is 4.73. The van der Waals surface area contributed by atoms with Gasteiger partial charge < -0.3 is 24.4 Å². The smallest absolute Gasteiger partial charge is 0.250 e. The van der Waals surface area contributed by atoms with Gasteiger partial charge in [0.15, 0.2) is 11.5 Å². The van der Waals surface area contributed by atoms with Crippen LogP contribution in [0, 0.1) is 6.92 Å². The number of rotatable bonds is 10. The van der Waals surface area contributed by atoms with E-state index in [1.807, 2.05) is 48.2 Å². The molecule has 10 nitrogen and oxygen atoms in total. The van der Waals surface area contributed by atoms with Gasteiger partial charge in [-0.25, -0.2) is 5.43 Å². The lowest BCUT2D eigenvalue weighted by atomic mass is 10.2. The number of nitrogens with one attached hydrogen (secondary N) is 2. The molecule has 3 aromatic carbocycles. The second-order valence-corrected chi connectivity index (χ2v) is 10.5. The Balaban J connectivity index is 1.30. The monoisotopic (exact) mass is 627 g/mol. The van der Waals surface area contributed by atoms with Crippen LogP contribution in [0.25, 0.3) is 0 Å². The van der Waals surface area contributed by atoms with E-state index in [4.69, 9.17) is 49.0 Å². The average molecular weight is 629 g/mol. The van der Waals surface area contributed by atoms with E-state index < -0.39 is 0 Å². The molecule has 0 atom stereocenters. The van der Waals surface area contributed by atoms with E-state index in [1.54, 1.807) is 31.5 Å². The molecule has 1 aromatic heterocycles. The van der Waals surface area contributed by atoms with Crippen LogP contribution in [0.5, 0.6) is 11.5 Å². The summed E-state index contributed by atoms with van der Waals surface area (Å²) in [5.41, 5.74) is 6.23. The summed E-state index contributed by atoms with van der Waals surface area (Å²) < 4.78 is 17.0. The molecule has 42 heavy (non-hydrogen) atoms. The van der Waals surface area contributed by atoms with E-state index in [1.165, 1.54) is 0 Å². The van der Waals surface area contributed by atoms with E-state index in [0.717, 1.165) is 22.4 Å². The number of hydrazone groups is 1. The van der Waals surface area contributed by atoms with Crippen LogP contribution in [0.3, 0.4) is 0 Å². The molecule has 2 N–H and O–H groups in total. The Morgan fingerprint density at radius 3 is 2.50 bits per heavy atom. The Bertz CT molecular complexity index is 1580. The first-order valence-corrected chi connectivity index (χ1v) is 14.2. The first kappa shape index (κ1) is 29.7. The van der Waals surface area contributed by atoms with E-state index in [9.17, 15) is 0 Å². The minimum absolute atomic E-state index is 0.261. The number of anilines is 4. The van der Waals surface area contributed by atoms with Crippen molar-refractivity contribution in [3.8, 4) is 11.5 Å². The Morgan fingerprint density at radius 2 is 1.74 bits per heavy atom. The van der Waals surface area contributed by atoms with Gasteiger partial charge in [0.2, 0.25) is 17.8 Å². The van der Waals surface area contributed by atoms with Crippen molar-refractivity contribution in [1.82, 2.24) is 15.0 Å². The van der Waals surface area contributed by atoms with Crippen LogP contribution in [0.15, 0.2) is 59.7 Å². The fraction of sp³-hybridized carbons (Fsp3) is 0.241. The largest absolute Gasteiger partial charge is 0.493 e. The first-order valence-electron chi connectivity index (χ1n) is 13.0. The number of morpholine rings is 1. The number of methoxy groups -OCH3 is 1. The summed E-state index contributed by atoms with van der Waals surface area (Å²) in [6, 6.07) is 16.4. The Labute approximate surface area is 258 Å². The Hall–Kier alpha value is -3.83. The molecular weight excluding hydrogens is 601 g/mol. The molecular formula is C29H28Cl3N7O3. The summed E-state index contributed by atoms with van der Waals surface area (Å²) in [5, 5.41) is 9.30. The molecule has 0 unspecified atom stereocenters. The van der Waals surface area contributed by atoms with Gasteiger partial charge in [-0.2, -0.15) is 20.1 Å². The standard InChI is InChI=1S/C29H28Cl3N7O3/c1-18-3-7-22(15-23(18)31)34-27-35-28(37-29(36-27)39-9-11-41-12-10-39)38-33-16-19-4-8-25(26(13-19)40-2)42-17-20-5-6-21(30)14-24(20)32/h3-8,13-16H,9-12,17H2,1-2H3,(H2,34,35,36,37,38)/b33-16+. The van der Waals surface area contributed by atoms with Crippen LogP contribution in [0.1, 0.15) is 16.7 Å². The van der Waals surface area contributed by atoms with Crippen LogP contribution in [-0.2, 0) is 11.3 Å². The van der Waals surface area contributed by atoms with Crippen molar-refractivity contribution in [3.05, 3.63) is 86.4 Å². The number of aryl methyl sites for hydroxylation is 1. The van der Waals surface area contributed by atoms with E-state index in [0.29, 0.717) is 64.8 Å². The van der Waals surface area contributed by atoms with Gasteiger partial charge in [0.25, 0.3) is 0 Å². The minimum Gasteiger partial charge on any atom is -0.493 e. The number of hydrogen-bond acceptors (Lipinski definition) is 10. The lowest BCUT2D eigenvalue weighted by Crippen LogP contribution is -2.37. The highest BCUT2D eigenvalue weighted by Crippen LogP contribution is 2.30. The van der Waals surface area contributed by atoms with Crippen LogP contribution >= 0.6 is 34.8 Å². The minimum atomic E-state index is 0.261. The highest BCUT2D eigenvalue weighted by Gasteiger charge is 2.17. The van der Waals surface area contributed by atoms with Crippen molar-refractivity contribution in [3.63, 3.8) is 0 Å². The summed E-state index contributed by atoms with van der Waals surface area (Å²) in [5.74, 6) is 2.24.